The summed E-state index contributed by atoms with van der Waals surface area (Å²) in [5, 5.41) is 8.41. The van der Waals surface area contributed by atoms with Crippen molar-refractivity contribution in [2.45, 2.75) is 32.4 Å². The van der Waals surface area contributed by atoms with Gasteiger partial charge in [0.1, 0.15) is 12.1 Å². The molecule has 2 unspecified atom stereocenters. The molecule has 0 aliphatic carbocycles. The Kier molecular flexibility index (Phi) is 6.07. The highest BCUT2D eigenvalue weighted by molar-refractivity contribution is 5.89. The van der Waals surface area contributed by atoms with Gasteiger partial charge in [0.05, 0.1) is 6.61 Å². The number of nitrogens with one attached hydrogen (secondary N) is 3. The molecule has 0 aromatic rings. The first-order valence-corrected chi connectivity index (χ1v) is 6.39. The third kappa shape index (κ3) is 4.62. The zero-order valence-corrected chi connectivity index (χ0v) is 11.3. The van der Waals surface area contributed by atoms with Crippen LogP contribution in [-0.4, -0.2) is 50.7 Å². The standard InChI is InChI=1S/C12H23N3O3/c1-8(2)6-9(11(16)13-3)15-12(17)10-7-14-4-5-18-10/h8-10,14H,4-7H2,1-3H3,(H,13,16)(H,15,17). The van der Waals surface area contributed by atoms with E-state index < -0.39 is 12.1 Å². The minimum absolute atomic E-state index is 0.166. The number of carbonyl (C=O) groups excluding carboxylic acids is 2. The highest BCUT2D eigenvalue weighted by Gasteiger charge is 2.27. The second kappa shape index (κ2) is 7.33. The summed E-state index contributed by atoms with van der Waals surface area (Å²) in [6.45, 7) is 5.80. The summed E-state index contributed by atoms with van der Waals surface area (Å²) in [5.41, 5.74) is 0. The number of carbonyl (C=O) groups is 2. The molecule has 0 saturated carbocycles. The van der Waals surface area contributed by atoms with Crippen LogP contribution < -0.4 is 16.0 Å². The zero-order chi connectivity index (χ0) is 13.5. The minimum Gasteiger partial charge on any atom is -0.366 e. The Morgan fingerprint density at radius 3 is 2.67 bits per heavy atom. The van der Waals surface area contributed by atoms with Gasteiger partial charge in [-0.25, -0.2) is 0 Å². The molecule has 1 aliphatic rings. The predicted octanol–water partition coefficient (Wildman–Crippen LogP) is -0.748. The summed E-state index contributed by atoms with van der Waals surface area (Å²) in [5.74, 6) is -0.0599. The van der Waals surface area contributed by atoms with Crippen LogP contribution in [0, 0.1) is 5.92 Å². The molecule has 1 saturated heterocycles. The SMILES string of the molecule is CNC(=O)C(CC(C)C)NC(=O)C1CNCCO1. The second-order valence-electron chi connectivity index (χ2n) is 4.87. The largest absolute Gasteiger partial charge is 0.366 e. The van der Waals surface area contributed by atoms with Crippen LogP contribution in [0.1, 0.15) is 20.3 Å². The van der Waals surface area contributed by atoms with E-state index in [2.05, 4.69) is 16.0 Å². The van der Waals surface area contributed by atoms with E-state index in [-0.39, 0.29) is 11.8 Å². The van der Waals surface area contributed by atoms with Gasteiger partial charge in [-0.05, 0) is 12.3 Å². The number of amides is 2. The molecule has 0 radical (unpaired) electrons. The molecule has 1 aliphatic heterocycles. The maximum absolute atomic E-state index is 12.0. The van der Waals surface area contributed by atoms with Crippen molar-refractivity contribution < 1.29 is 14.3 Å². The number of morpholine rings is 1. The summed E-state index contributed by atoms with van der Waals surface area (Å²) in [4.78, 5) is 23.6. The molecule has 6 heteroatoms. The summed E-state index contributed by atoms with van der Waals surface area (Å²) < 4.78 is 5.35. The van der Waals surface area contributed by atoms with E-state index >= 15 is 0 Å². The van der Waals surface area contributed by atoms with Crippen molar-refractivity contribution in [2.75, 3.05) is 26.7 Å². The first-order valence-electron chi connectivity index (χ1n) is 6.39. The van der Waals surface area contributed by atoms with Gasteiger partial charge in [0.25, 0.3) is 5.91 Å². The van der Waals surface area contributed by atoms with E-state index in [0.29, 0.717) is 25.5 Å². The van der Waals surface area contributed by atoms with E-state index in [1.165, 1.54) is 0 Å². The number of rotatable bonds is 5. The maximum Gasteiger partial charge on any atom is 0.251 e. The first kappa shape index (κ1) is 14.9. The van der Waals surface area contributed by atoms with Crippen molar-refractivity contribution in [1.29, 1.82) is 0 Å². The lowest BCUT2D eigenvalue weighted by Gasteiger charge is -2.26. The summed E-state index contributed by atoms with van der Waals surface area (Å²) in [7, 11) is 1.57. The lowest BCUT2D eigenvalue weighted by atomic mass is 10.0. The molecule has 104 valence electrons. The predicted molar refractivity (Wildman–Crippen MR) is 68.1 cm³/mol. The van der Waals surface area contributed by atoms with Crippen molar-refractivity contribution >= 4 is 11.8 Å². The Bertz CT molecular complexity index is 288. The van der Waals surface area contributed by atoms with Crippen molar-refractivity contribution in [3.63, 3.8) is 0 Å². The van der Waals surface area contributed by atoms with E-state index in [9.17, 15) is 9.59 Å². The van der Waals surface area contributed by atoms with Crippen molar-refractivity contribution in [3.8, 4) is 0 Å². The lowest BCUT2D eigenvalue weighted by Crippen LogP contribution is -2.53. The molecule has 6 nitrogen and oxygen atoms in total. The second-order valence-corrected chi connectivity index (χ2v) is 4.87. The number of hydrogen-bond acceptors (Lipinski definition) is 4. The van der Waals surface area contributed by atoms with Crippen LogP contribution >= 0.6 is 0 Å². The monoisotopic (exact) mass is 257 g/mol. The van der Waals surface area contributed by atoms with Crippen molar-refractivity contribution in [1.82, 2.24) is 16.0 Å². The van der Waals surface area contributed by atoms with Gasteiger partial charge in [0.2, 0.25) is 5.91 Å². The van der Waals surface area contributed by atoms with Crippen LogP contribution in [0.3, 0.4) is 0 Å². The van der Waals surface area contributed by atoms with Gasteiger partial charge in [0.15, 0.2) is 0 Å². The third-order valence-corrected chi connectivity index (χ3v) is 2.81. The van der Waals surface area contributed by atoms with Gasteiger partial charge in [-0.1, -0.05) is 13.8 Å². The van der Waals surface area contributed by atoms with Gasteiger partial charge in [0, 0.05) is 20.1 Å². The van der Waals surface area contributed by atoms with Crippen molar-refractivity contribution in [3.05, 3.63) is 0 Å². The normalized spacial score (nSPS) is 21.4. The maximum atomic E-state index is 12.0. The Morgan fingerprint density at radius 1 is 1.44 bits per heavy atom. The van der Waals surface area contributed by atoms with Crippen LogP contribution in [0.4, 0.5) is 0 Å². The number of ether oxygens (including phenoxy) is 1. The minimum atomic E-state index is -0.502. The smallest absolute Gasteiger partial charge is 0.251 e. The quantitative estimate of drug-likeness (QED) is 0.605. The van der Waals surface area contributed by atoms with Gasteiger partial charge in [-0.15, -0.1) is 0 Å². The highest BCUT2D eigenvalue weighted by atomic mass is 16.5. The molecular formula is C12H23N3O3. The fourth-order valence-electron chi connectivity index (χ4n) is 1.88. The number of hydrogen-bond donors (Lipinski definition) is 3. The fraction of sp³-hybridized carbons (Fsp3) is 0.833. The molecular weight excluding hydrogens is 234 g/mol. The van der Waals surface area contributed by atoms with Crippen LogP contribution in [0.25, 0.3) is 0 Å². The summed E-state index contributed by atoms with van der Waals surface area (Å²) in [6, 6.07) is -0.493. The first-order chi connectivity index (χ1) is 8.54. The topological polar surface area (TPSA) is 79.5 Å². The molecule has 3 N–H and O–H groups in total. The molecule has 0 aromatic carbocycles. The Hall–Kier alpha value is -1.14. The molecule has 1 rings (SSSR count). The van der Waals surface area contributed by atoms with Crippen LogP contribution in [0.5, 0.6) is 0 Å². The Balaban J connectivity index is 2.52. The molecule has 0 bridgehead atoms. The van der Waals surface area contributed by atoms with Gasteiger partial charge in [-0.2, -0.15) is 0 Å². The number of likely N-dealkylation sites (N-methyl/N-ethyl adjacent to an activating group) is 1. The average molecular weight is 257 g/mol. The van der Waals surface area contributed by atoms with Crippen molar-refractivity contribution in [2.24, 2.45) is 5.92 Å². The molecule has 1 fully saturated rings. The van der Waals surface area contributed by atoms with E-state index in [1.54, 1.807) is 7.05 Å². The average Bonchev–Trinajstić information content (AvgIpc) is 2.37. The third-order valence-electron chi connectivity index (χ3n) is 2.81. The Morgan fingerprint density at radius 2 is 2.17 bits per heavy atom. The van der Waals surface area contributed by atoms with Gasteiger partial charge < -0.3 is 20.7 Å². The lowest BCUT2D eigenvalue weighted by molar-refractivity contribution is -0.138. The molecule has 0 aromatic heterocycles. The highest BCUT2D eigenvalue weighted by Crippen LogP contribution is 2.06. The van der Waals surface area contributed by atoms with E-state index in [0.717, 1.165) is 6.54 Å². The molecule has 2 atom stereocenters. The summed E-state index contributed by atoms with van der Waals surface area (Å²) in [6.07, 6.45) is 0.115. The Labute approximate surface area is 108 Å². The van der Waals surface area contributed by atoms with Crippen LogP contribution in [-0.2, 0) is 14.3 Å². The summed E-state index contributed by atoms with van der Waals surface area (Å²) >= 11 is 0. The van der Waals surface area contributed by atoms with Gasteiger partial charge >= 0.3 is 0 Å². The van der Waals surface area contributed by atoms with Crippen LogP contribution in [0.15, 0.2) is 0 Å². The molecule has 1 heterocycles. The zero-order valence-electron chi connectivity index (χ0n) is 11.3. The molecule has 18 heavy (non-hydrogen) atoms. The molecule has 0 spiro atoms. The molecule has 2 amide bonds. The fourth-order valence-corrected chi connectivity index (χ4v) is 1.88. The van der Waals surface area contributed by atoms with E-state index in [1.807, 2.05) is 13.8 Å². The van der Waals surface area contributed by atoms with Crippen LogP contribution in [0.2, 0.25) is 0 Å². The van der Waals surface area contributed by atoms with Gasteiger partial charge in [-0.3, -0.25) is 9.59 Å². The van der Waals surface area contributed by atoms with E-state index in [4.69, 9.17) is 4.74 Å².